The minimum absolute atomic E-state index is 0.0121. The van der Waals surface area contributed by atoms with E-state index in [-0.39, 0.29) is 29.0 Å². The van der Waals surface area contributed by atoms with E-state index in [1.54, 1.807) is 0 Å². The summed E-state index contributed by atoms with van der Waals surface area (Å²) in [6, 6.07) is 6.69. The van der Waals surface area contributed by atoms with Crippen molar-refractivity contribution in [2.75, 3.05) is 7.11 Å². The summed E-state index contributed by atoms with van der Waals surface area (Å²) in [7, 11) is 0.914. The zero-order chi connectivity index (χ0) is 22.4. The predicted molar refractivity (Wildman–Crippen MR) is 119 cm³/mol. The van der Waals surface area contributed by atoms with Crippen LogP contribution in [0.2, 0.25) is 0 Å². The highest BCUT2D eigenvalue weighted by molar-refractivity contribution is 6.48. The number of rotatable bonds is 4. The quantitative estimate of drug-likeness (QED) is 0.489. The number of ether oxygens (including phenoxy) is 1. The Balaban J connectivity index is 2.60. The van der Waals surface area contributed by atoms with Crippen LogP contribution in [0.15, 0.2) is 18.2 Å². The molecule has 29 heavy (non-hydrogen) atoms. The monoisotopic (exact) mass is 402 g/mol. The number of carbonyl (C=O) groups is 1. The molecular weight excluding hydrogens is 363 g/mol. The third kappa shape index (κ3) is 5.24. The Morgan fingerprint density at radius 1 is 0.931 bits per heavy atom. The summed E-state index contributed by atoms with van der Waals surface area (Å²) in [5.41, 5.74) is 2.61. The van der Waals surface area contributed by atoms with Crippen LogP contribution in [0.25, 0.3) is 0 Å². The molecule has 162 valence electrons. The standard InChI is InChI=1S/C24H39BO4/c1-21(2,3)17-12-16(13-18(14-17)22(4,5)6)19(15-20(26)27-11)25-28-23(7,8)24(9,10)29-25/h12-14,19H,15H2,1-11H3. The molecule has 0 radical (unpaired) electrons. The summed E-state index contributed by atoms with van der Waals surface area (Å²) in [4.78, 5) is 12.3. The number of carbonyl (C=O) groups excluding carboxylic acids is 1. The first-order valence-corrected chi connectivity index (χ1v) is 10.6. The lowest BCUT2D eigenvalue weighted by molar-refractivity contribution is -0.140. The zero-order valence-electron chi connectivity index (χ0n) is 20.2. The molecule has 1 aromatic carbocycles. The highest BCUT2D eigenvalue weighted by Crippen LogP contribution is 2.43. The second-order valence-corrected chi connectivity index (χ2v) is 11.4. The Morgan fingerprint density at radius 3 is 1.69 bits per heavy atom. The SMILES string of the molecule is COC(=O)CC(B1OC(C)(C)C(C)(C)O1)c1cc(C(C)(C)C)cc(C(C)(C)C)c1. The molecule has 1 atom stereocenters. The molecule has 0 aromatic heterocycles. The maximum Gasteiger partial charge on any atom is 0.466 e. The predicted octanol–water partition coefficient (Wildman–Crippen LogP) is 5.56. The van der Waals surface area contributed by atoms with E-state index < -0.39 is 18.3 Å². The Bertz CT molecular complexity index is 705. The first-order valence-electron chi connectivity index (χ1n) is 10.6. The van der Waals surface area contributed by atoms with Crippen molar-refractivity contribution >= 4 is 13.1 Å². The average Bonchev–Trinajstić information content (AvgIpc) is 2.77. The smallest absolute Gasteiger partial charge is 0.466 e. The first kappa shape index (κ1) is 23.9. The molecular formula is C24H39BO4. The Kier molecular flexibility index (Phi) is 6.39. The van der Waals surface area contributed by atoms with Gasteiger partial charge in [0, 0.05) is 5.82 Å². The fraction of sp³-hybridized carbons (Fsp3) is 0.708. The van der Waals surface area contributed by atoms with E-state index in [0.29, 0.717) is 0 Å². The molecule has 0 saturated carbocycles. The van der Waals surface area contributed by atoms with Gasteiger partial charge in [-0.2, -0.15) is 0 Å². The first-order chi connectivity index (χ1) is 13.0. The second-order valence-electron chi connectivity index (χ2n) is 11.4. The molecule has 1 heterocycles. The Morgan fingerprint density at radius 2 is 1.34 bits per heavy atom. The van der Waals surface area contributed by atoms with Crippen molar-refractivity contribution in [2.24, 2.45) is 0 Å². The van der Waals surface area contributed by atoms with Crippen LogP contribution in [0.1, 0.15) is 98.2 Å². The van der Waals surface area contributed by atoms with Crippen molar-refractivity contribution in [2.45, 2.75) is 104 Å². The van der Waals surface area contributed by atoms with Crippen LogP contribution >= 0.6 is 0 Å². The van der Waals surface area contributed by atoms with Crippen LogP contribution < -0.4 is 0 Å². The van der Waals surface area contributed by atoms with Gasteiger partial charge in [-0.05, 0) is 55.2 Å². The van der Waals surface area contributed by atoms with Crippen LogP contribution in [0.4, 0.5) is 0 Å². The van der Waals surface area contributed by atoms with E-state index >= 15 is 0 Å². The molecule has 1 unspecified atom stereocenters. The minimum Gasteiger partial charge on any atom is -0.469 e. The van der Waals surface area contributed by atoms with E-state index in [1.165, 1.54) is 18.2 Å². The van der Waals surface area contributed by atoms with Crippen molar-refractivity contribution in [1.29, 1.82) is 0 Å². The van der Waals surface area contributed by atoms with Gasteiger partial charge in [-0.3, -0.25) is 4.79 Å². The normalized spacial score (nSPS) is 19.9. The van der Waals surface area contributed by atoms with Gasteiger partial charge in [-0.25, -0.2) is 0 Å². The fourth-order valence-electron chi connectivity index (χ4n) is 3.42. The van der Waals surface area contributed by atoms with Gasteiger partial charge in [-0.15, -0.1) is 0 Å². The Labute approximate surface area is 177 Å². The molecule has 0 bridgehead atoms. The number of hydrogen-bond acceptors (Lipinski definition) is 4. The van der Waals surface area contributed by atoms with Crippen LogP contribution in [-0.2, 0) is 29.7 Å². The topological polar surface area (TPSA) is 44.8 Å². The average molecular weight is 402 g/mol. The van der Waals surface area contributed by atoms with Crippen molar-refractivity contribution < 1.29 is 18.8 Å². The van der Waals surface area contributed by atoms with Crippen molar-refractivity contribution in [1.82, 2.24) is 0 Å². The third-order valence-electron chi connectivity index (χ3n) is 6.33. The fourth-order valence-corrected chi connectivity index (χ4v) is 3.42. The second kappa shape index (κ2) is 7.74. The molecule has 0 N–H and O–H groups in total. The highest BCUT2D eigenvalue weighted by Gasteiger charge is 2.54. The summed E-state index contributed by atoms with van der Waals surface area (Å²) in [5, 5.41) is 0. The molecule has 2 rings (SSSR count). The molecule has 1 aliphatic rings. The summed E-state index contributed by atoms with van der Waals surface area (Å²) in [6.45, 7) is 21.4. The summed E-state index contributed by atoms with van der Waals surface area (Å²) in [6.07, 6.45) is 0.213. The lowest BCUT2D eigenvalue weighted by Crippen LogP contribution is -2.41. The maximum absolute atomic E-state index is 12.3. The molecule has 0 amide bonds. The number of methoxy groups -OCH3 is 1. The van der Waals surface area contributed by atoms with Gasteiger partial charge in [0.1, 0.15) is 0 Å². The van der Waals surface area contributed by atoms with E-state index in [9.17, 15) is 4.79 Å². The largest absolute Gasteiger partial charge is 0.469 e. The molecule has 0 aliphatic carbocycles. The van der Waals surface area contributed by atoms with Crippen molar-refractivity contribution in [3.05, 3.63) is 34.9 Å². The van der Waals surface area contributed by atoms with Crippen molar-refractivity contribution in [3.8, 4) is 0 Å². The van der Waals surface area contributed by atoms with Gasteiger partial charge < -0.3 is 14.0 Å². The summed E-state index contributed by atoms with van der Waals surface area (Å²) >= 11 is 0. The molecule has 5 heteroatoms. The molecule has 1 saturated heterocycles. The Hall–Kier alpha value is -1.33. The van der Waals surface area contributed by atoms with Gasteiger partial charge in [0.15, 0.2) is 0 Å². The van der Waals surface area contributed by atoms with E-state index in [0.717, 1.165) is 5.56 Å². The molecule has 0 spiro atoms. The van der Waals surface area contributed by atoms with E-state index in [1.807, 2.05) is 27.7 Å². The molecule has 1 aliphatic heterocycles. The molecule has 4 nitrogen and oxygen atoms in total. The maximum atomic E-state index is 12.3. The van der Waals surface area contributed by atoms with Crippen LogP contribution in [0.3, 0.4) is 0 Å². The van der Waals surface area contributed by atoms with Crippen LogP contribution in [0, 0.1) is 0 Å². The minimum atomic E-state index is -0.512. The highest BCUT2D eigenvalue weighted by atomic mass is 16.7. The van der Waals surface area contributed by atoms with Gasteiger partial charge in [-0.1, -0.05) is 59.7 Å². The number of hydrogen-bond donors (Lipinski definition) is 0. The molecule has 1 aromatic rings. The number of benzene rings is 1. The van der Waals surface area contributed by atoms with Gasteiger partial charge in [0.05, 0.1) is 24.7 Å². The van der Waals surface area contributed by atoms with Gasteiger partial charge >= 0.3 is 13.1 Å². The van der Waals surface area contributed by atoms with Crippen molar-refractivity contribution in [3.63, 3.8) is 0 Å². The molecule has 1 fully saturated rings. The van der Waals surface area contributed by atoms with Crippen LogP contribution in [0.5, 0.6) is 0 Å². The third-order valence-corrected chi connectivity index (χ3v) is 6.33. The van der Waals surface area contributed by atoms with Crippen LogP contribution in [-0.4, -0.2) is 31.4 Å². The number of esters is 1. The summed E-state index contributed by atoms with van der Waals surface area (Å²) in [5.74, 6) is -0.505. The van der Waals surface area contributed by atoms with E-state index in [4.69, 9.17) is 14.0 Å². The van der Waals surface area contributed by atoms with Gasteiger partial charge in [0.2, 0.25) is 0 Å². The lowest BCUT2D eigenvalue weighted by atomic mass is 9.64. The zero-order valence-corrected chi connectivity index (χ0v) is 20.2. The van der Waals surface area contributed by atoms with Gasteiger partial charge in [0.25, 0.3) is 0 Å². The van der Waals surface area contributed by atoms with E-state index in [2.05, 4.69) is 59.7 Å². The summed E-state index contributed by atoms with van der Waals surface area (Å²) < 4.78 is 17.7. The lowest BCUT2D eigenvalue weighted by Gasteiger charge is -2.32.